The number of aliphatic carboxylic acids is 1. The molecule has 2 aliphatic heterocycles. The van der Waals surface area contributed by atoms with Gasteiger partial charge < -0.3 is 102 Å². The number of guanidine groups is 3. The highest BCUT2D eigenvalue weighted by atomic mass is 32.1. The number of carboxylic acid groups (broad SMARTS) is 1. The Bertz CT molecular complexity index is 3380. The molecule has 32 nitrogen and oxygen atoms in total. The van der Waals surface area contributed by atoms with Crippen molar-refractivity contribution in [1.82, 2.24) is 47.0 Å². The number of carbonyl (C=O) groups excluding carboxylic acids is 9. The number of hydrogen-bond acceptors (Lipinski definition) is 17. The predicted molar refractivity (Wildman–Crippen MR) is 354 cm³/mol. The first-order chi connectivity index (χ1) is 45.4. The van der Waals surface area contributed by atoms with Gasteiger partial charge in [0.15, 0.2) is 17.9 Å². The molecular weight excluding hydrogens is 1250 g/mol. The number of hydrogen-bond donors (Lipinski definition) is 17. The SMILES string of the molecule is NC(N)=NCCC[C@@H](N)C(=O)N[C@@H](CCCN=C(N)N)C(=O)N1CCC[C@H]1C(=O)N1C[C@H](O)C[C@H]1C(=O)NCC(=O)N[C@@H](Cc1cccs1)C(=O)N[C@@H](CO)C(=O)N[C@H](Cc1ccccc1)C(=O)N[C@@H](Cc1cccc2ccccc12)C(=O)N[C@@H](CCCN=C(N)N)C(=O)O. The van der Waals surface area contributed by atoms with E-state index in [0.717, 1.165) is 15.7 Å². The molecule has 3 aromatic carbocycles. The van der Waals surface area contributed by atoms with Gasteiger partial charge in [-0.15, -0.1) is 11.3 Å². The quantitative estimate of drug-likeness (QED) is 0.0116. The number of fused-ring (bicyclic) bond motifs is 1. The summed E-state index contributed by atoms with van der Waals surface area (Å²) in [5.41, 5.74) is 40.0. The highest BCUT2D eigenvalue weighted by Gasteiger charge is 2.46. The van der Waals surface area contributed by atoms with Gasteiger partial charge in [0.2, 0.25) is 53.2 Å². The highest BCUT2D eigenvalue weighted by Crippen LogP contribution is 2.27. The van der Waals surface area contributed by atoms with Crippen molar-refractivity contribution in [3.63, 3.8) is 0 Å². The Morgan fingerprint density at radius 2 is 1.13 bits per heavy atom. The largest absolute Gasteiger partial charge is 0.480 e. The van der Waals surface area contributed by atoms with Crippen molar-refractivity contribution in [2.75, 3.05) is 45.9 Å². The molecule has 0 spiro atoms. The zero-order valence-electron chi connectivity index (χ0n) is 52.5. The molecule has 0 bridgehead atoms. The molecule has 33 heteroatoms. The second-order valence-electron chi connectivity index (χ2n) is 23.0. The summed E-state index contributed by atoms with van der Waals surface area (Å²) in [6, 6.07) is 12.4. The van der Waals surface area contributed by atoms with E-state index < -0.39 is 133 Å². The first kappa shape index (κ1) is 74.1. The zero-order chi connectivity index (χ0) is 69.1. The Balaban J connectivity index is 1.13. The number of thiophene rings is 1. The summed E-state index contributed by atoms with van der Waals surface area (Å²) < 4.78 is 0. The number of amides is 9. The van der Waals surface area contributed by atoms with E-state index in [0.29, 0.717) is 28.8 Å². The zero-order valence-corrected chi connectivity index (χ0v) is 53.3. The lowest BCUT2D eigenvalue weighted by Crippen LogP contribution is -2.60. The highest BCUT2D eigenvalue weighted by molar-refractivity contribution is 7.09. The number of nitrogens with one attached hydrogen (secondary N) is 7. The lowest BCUT2D eigenvalue weighted by Gasteiger charge is -2.33. The Kier molecular flexibility index (Phi) is 28.9. The van der Waals surface area contributed by atoms with E-state index in [4.69, 9.17) is 40.1 Å². The monoisotopic (exact) mass is 1340 g/mol. The van der Waals surface area contributed by atoms with Gasteiger partial charge in [0, 0.05) is 63.3 Å². The smallest absolute Gasteiger partial charge is 0.326 e. The van der Waals surface area contributed by atoms with Crippen molar-refractivity contribution in [2.24, 2.45) is 55.1 Å². The number of likely N-dealkylation sites (tertiary alicyclic amines) is 2. The number of nitrogens with zero attached hydrogens (tertiary/aromatic N) is 5. The van der Waals surface area contributed by atoms with Gasteiger partial charge in [-0.1, -0.05) is 78.9 Å². The minimum Gasteiger partial charge on any atom is -0.480 e. The third kappa shape index (κ3) is 23.2. The standard InChI is InChI=1S/C62H87N19O13S/c63-41(19-7-23-70-60(64)65)51(85)75-42(20-8-24-71-61(66)67)57(91)80-26-10-22-48(80)58(92)81-33-38(83)30-49(81)56(90)73-32-50(84)74-46(31-39-17-11-27-95-39)54(88)79-47(34-82)55(89)77-44(28-35-12-2-1-3-13-35)52(86)78-45(29-37-16-6-15-36-14-4-5-18-40(36)37)53(87)76-43(59(93)94)21-9-25-72-62(68)69/h1-6,11-18,27,38,41-49,82-83H,7-10,19-26,28-34,63H2,(H,73,90)(H,74,84)(H,75,85)(H,76,87)(H,77,89)(H,78,86)(H,79,88)(H,93,94)(H4,64,65,70)(H4,66,67,71)(H4,68,69,72)/t38-,41-,42+,43+,44-,45+,46+,47+,48+,49+/m1/s1. The fraction of sp³-hybridized carbons (Fsp3) is 0.468. The van der Waals surface area contributed by atoms with Crippen LogP contribution in [0.4, 0.5) is 0 Å². The van der Waals surface area contributed by atoms with E-state index >= 15 is 0 Å². The molecule has 24 N–H and O–H groups in total. The van der Waals surface area contributed by atoms with Crippen LogP contribution in [0.5, 0.6) is 0 Å². The van der Waals surface area contributed by atoms with Crippen LogP contribution in [-0.4, -0.2) is 208 Å². The lowest BCUT2D eigenvalue weighted by atomic mass is 9.97. The van der Waals surface area contributed by atoms with Gasteiger partial charge >= 0.3 is 5.97 Å². The van der Waals surface area contributed by atoms with Crippen LogP contribution in [0.2, 0.25) is 0 Å². The second-order valence-corrected chi connectivity index (χ2v) is 24.1. The van der Waals surface area contributed by atoms with Gasteiger partial charge in [-0.25, -0.2) is 4.79 Å². The number of carbonyl (C=O) groups is 10. The van der Waals surface area contributed by atoms with E-state index in [-0.39, 0.29) is 115 Å². The topological polar surface area (TPSA) is 541 Å². The molecular formula is C62H87N19O13S. The maximum atomic E-state index is 14.6. The lowest BCUT2D eigenvalue weighted by molar-refractivity contribution is -0.148. The third-order valence-electron chi connectivity index (χ3n) is 15.8. The fourth-order valence-corrected chi connectivity index (χ4v) is 11.8. The van der Waals surface area contributed by atoms with E-state index in [9.17, 15) is 63.3 Å². The molecule has 514 valence electrons. The van der Waals surface area contributed by atoms with E-state index in [1.807, 2.05) is 24.3 Å². The summed E-state index contributed by atoms with van der Waals surface area (Å²) in [5.74, 6) is -9.25. The Hall–Kier alpha value is -9.99. The number of nitrogens with two attached hydrogens (primary N) is 7. The van der Waals surface area contributed by atoms with Gasteiger partial charge in [0.1, 0.15) is 48.3 Å². The van der Waals surface area contributed by atoms with Crippen molar-refractivity contribution >= 4 is 99.1 Å². The first-order valence-electron chi connectivity index (χ1n) is 31.1. The van der Waals surface area contributed by atoms with Gasteiger partial charge in [-0.05, 0) is 84.7 Å². The van der Waals surface area contributed by atoms with Crippen LogP contribution in [-0.2, 0) is 67.2 Å². The third-order valence-corrected chi connectivity index (χ3v) is 16.7. The van der Waals surface area contributed by atoms with Gasteiger partial charge in [-0.3, -0.25) is 58.1 Å². The number of benzene rings is 3. The molecule has 0 aliphatic carbocycles. The molecule has 3 heterocycles. The number of aliphatic hydroxyl groups excluding tert-OH is 2. The molecule has 95 heavy (non-hydrogen) atoms. The first-order valence-corrected chi connectivity index (χ1v) is 32.0. The molecule has 2 fully saturated rings. The molecule has 0 unspecified atom stereocenters. The number of β-amino-alcohol motifs (C(OH)–C–C–N with tert-alkyl or cyclic N) is 1. The van der Waals surface area contributed by atoms with Crippen LogP contribution >= 0.6 is 11.3 Å². The minimum atomic E-state index is -1.75. The number of rotatable bonds is 36. The average molecular weight is 1340 g/mol. The molecule has 1 aromatic heterocycles. The van der Waals surface area contributed by atoms with Gasteiger partial charge in [0.25, 0.3) is 0 Å². The number of aliphatic imine (C=N–C) groups is 3. The summed E-state index contributed by atoms with van der Waals surface area (Å²) in [6.45, 7) is -1.52. The van der Waals surface area contributed by atoms with Crippen LogP contribution < -0.4 is 77.4 Å². The second kappa shape index (κ2) is 37.0. The van der Waals surface area contributed by atoms with Crippen LogP contribution in [0, 0.1) is 0 Å². The Morgan fingerprint density at radius 3 is 1.74 bits per heavy atom. The van der Waals surface area contributed by atoms with Gasteiger partial charge in [0.05, 0.1) is 25.3 Å². The van der Waals surface area contributed by atoms with Gasteiger partial charge in [-0.2, -0.15) is 0 Å². The van der Waals surface area contributed by atoms with E-state index in [1.165, 1.54) is 16.2 Å². The number of carboxylic acids is 1. The molecule has 6 rings (SSSR count). The molecule has 4 aromatic rings. The normalized spacial score (nSPS) is 17.2. The summed E-state index contributed by atoms with van der Waals surface area (Å²) in [7, 11) is 0. The van der Waals surface area contributed by atoms with Crippen molar-refractivity contribution in [1.29, 1.82) is 0 Å². The Labute approximate surface area is 552 Å². The number of aliphatic hydroxyl groups is 2. The molecule has 2 saturated heterocycles. The molecule has 0 radical (unpaired) electrons. The summed E-state index contributed by atoms with van der Waals surface area (Å²) in [5, 5.41) is 53.0. The van der Waals surface area contributed by atoms with Crippen molar-refractivity contribution in [2.45, 2.75) is 138 Å². The molecule has 2 aliphatic rings. The summed E-state index contributed by atoms with van der Waals surface area (Å²) in [6.07, 6.45) is -0.332. The van der Waals surface area contributed by atoms with Crippen molar-refractivity contribution < 1.29 is 63.3 Å². The van der Waals surface area contributed by atoms with Crippen molar-refractivity contribution in [3.8, 4) is 0 Å². The van der Waals surface area contributed by atoms with Crippen LogP contribution in [0.3, 0.4) is 0 Å². The Morgan fingerprint density at radius 1 is 0.579 bits per heavy atom. The van der Waals surface area contributed by atoms with E-state index in [2.05, 4.69) is 52.2 Å². The fourth-order valence-electron chi connectivity index (χ4n) is 11.0. The molecule has 0 saturated carbocycles. The van der Waals surface area contributed by atoms with E-state index in [1.54, 1.807) is 66.0 Å². The van der Waals surface area contributed by atoms with Crippen LogP contribution in [0.1, 0.15) is 73.8 Å². The summed E-state index contributed by atoms with van der Waals surface area (Å²) >= 11 is 1.24. The summed E-state index contributed by atoms with van der Waals surface area (Å²) in [4.78, 5) is 155. The molecule has 9 amide bonds. The minimum absolute atomic E-state index is 0.0599. The maximum Gasteiger partial charge on any atom is 0.326 e. The van der Waals surface area contributed by atoms with Crippen LogP contribution in [0.15, 0.2) is 105 Å². The van der Waals surface area contributed by atoms with Crippen molar-refractivity contribution in [3.05, 3.63) is 106 Å². The average Bonchev–Trinajstić information content (AvgIpc) is 1.73. The maximum absolute atomic E-state index is 14.6. The predicted octanol–water partition coefficient (Wildman–Crippen LogP) is -4.53. The molecule has 10 atom stereocenters. The van der Waals surface area contributed by atoms with Crippen LogP contribution in [0.25, 0.3) is 10.8 Å².